The molecule has 0 aromatic carbocycles. The minimum Gasteiger partial charge on any atom is -0.379 e. The first-order valence-corrected chi connectivity index (χ1v) is 9.25. The van der Waals surface area contributed by atoms with Gasteiger partial charge in [-0.3, -0.25) is 0 Å². The summed E-state index contributed by atoms with van der Waals surface area (Å²) >= 11 is 0. The number of hydrogen-bond donors (Lipinski definition) is 0. The summed E-state index contributed by atoms with van der Waals surface area (Å²) in [6.07, 6.45) is 10.9. The number of rotatable bonds is 4. The molecule has 2 aliphatic heterocycles. The Bertz CT molecular complexity index is 263. The van der Waals surface area contributed by atoms with Crippen LogP contribution >= 0.6 is 0 Å². The van der Waals surface area contributed by atoms with Gasteiger partial charge >= 0.3 is 0 Å². The number of epoxide rings is 1. The summed E-state index contributed by atoms with van der Waals surface area (Å²) in [5.41, 5.74) is 0. The molecule has 0 spiro atoms. The second-order valence-electron chi connectivity index (χ2n) is 6.54. The molecule has 1 saturated carbocycles. The van der Waals surface area contributed by atoms with Gasteiger partial charge in [0.2, 0.25) is 0 Å². The van der Waals surface area contributed by atoms with E-state index in [4.69, 9.17) is 9.47 Å². The van der Waals surface area contributed by atoms with Crippen LogP contribution in [0.5, 0.6) is 0 Å². The molecule has 3 heteroatoms. The second kappa shape index (κ2) is 5.02. The van der Waals surface area contributed by atoms with Gasteiger partial charge in [0.15, 0.2) is 0 Å². The number of hydrogen-bond acceptors (Lipinski definition) is 2. The molecular weight excluding hydrogens is 228 g/mol. The predicted octanol–water partition coefficient (Wildman–Crippen LogP) is 2.45. The zero-order valence-electron chi connectivity index (χ0n) is 11.1. The van der Waals surface area contributed by atoms with Crippen molar-refractivity contribution in [3.05, 3.63) is 0 Å². The summed E-state index contributed by atoms with van der Waals surface area (Å²) in [5.74, 6) is 0.971. The maximum absolute atomic E-state index is 6.02. The quantitative estimate of drug-likeness (QED) is 0.568. The van der Waals surface area contributed by atoms with Gasteiger partial charge in [0, 0.05) is 11.8 Å². The first-order chi connectivity index (χ1) is 8.25. The van der Waals surface area contributed by atoms with E-state index in [0.29, 0.717) is 17.4 Å². The smallest absolute Gasteiger partial charge is 0.0844 e. The van der Waals surface area contributed by atoms with Gasteiger partial charge in [0.25, 0.3) is 0 Å². The van der Waals surface area contributed by atoms with Crippen LogP contribution in [0.15, 0.2) is 0 Å². The van der Waals surface area contributed by atoms with Gasteiger partial charge in [0.1, 0.15) is 0 Å². The third kappa shape index (κ3) is 3.12. The van der Waals surface area contributed by atoms with Gasteiger partial charge in [-0.05, 0) is 51.4 Å². The van der Waals surface area contributed by atoms with Crippen molar-refractivity contribution in [2.45, 2.75) is 75.3 Å². The second-order valence-corrected chi connectivity index (χ2v) is 9.24. The fourth-order valence-corrected chi connectivity index (χ4v) is 6.02. The Hall–Kier alpha value is 0.137. The zero-order chi connectivity index (χ0) is 11.7. The molecule has 98 valence electrons. The van der Waals surface area contributed by atoms with Crippen molar-refractivity contribution < 1.29 is 9.47 Å². The van der Waals surface area contributed by atoms with Gasteiger partial charge in [-0.2, -0.15) is 0 Å². The largest absolute Gasteiger partial charge is 0.379 e. The Morgan fingerprint density at radius 2 is 2.18 bits per heavy atom. The highest BCUT2D eigenvalue weighted by Crippen LogP contribution is 2.41. The lowest BCUT2D eigenvalue weighted by molar-refractivity contribution is -0.00742. The van der Waals surface area contributed by atoms with Crippen molar-refractivity contribution in [1.82, 2.24) is 0 Å². The molecule has 4 unspecified atom stereocenters. The van der Waals surface area contributed by atoms with Crippen LogP contribution in [0.1, 0.15) is 51.9 Å². The molecule has 0 radical (unpaired) electrons. The monoisotopic (exact) mass is 254 g/mol. The third-order valence-corrected chi connectivity index (χ3v) is 7.36. The van der Waals surface area contributed by atoms with Crippen molar-refractivity contribution in [3.8, 4) is 0 Å². The molecule has 2 heterocycles. The van der Waals surface area contributed by atoms with E-state index >= 15 is 0 Å². The zero-order valence-corrected chi connectivity index (χ0v) is 12.5. The van der Waals surface area contributed by atoms with Crippen LogP contribution in [-0.4, -0.2) is 33.6 Å². The summed E-state index contributed by atoms with van der Waals surface area (Å²) in [7, 11) is -0.0423. The van der Waals surface area contributed by atoms with Crippen LogP contribution in [0.2, 0.25) is 6.04 Å². The molecule has 3 aliphatic rings. The maximum atomic E-state index is 6.02. The van der Waals surface area contributed by atoms with Crippen LogP contribution in [0, 0.1) is 5.92 Å². The lowest BCUT2D eigenvalue weighted by atomic mass is 9.88. The first-order valence-electron chi connectivity index (χ1n) is 7.55. The molecule has 0 bridgehead atoms. The Kier molecular flexibility index (Phi) is 3.60. The SMILES string of the molecule is CC1([SiH2]CCC2CCC3OC3C2)CCCCO1. The fraction of sp³-hybridized carbons (Fsp3) is 1.00. The van der Waals surface area contributed by atoms with Gasteiger partial charge in [0.05, 0.1) is 21.7 Å². The maximum Gasteiger partial charge on any atom is 0.0844 e. The Morgan fingerprint density at radius 1 is 1.24 bits per heavy atom. The molecule has 0 N–H and O–H groups in total. The van der Waals surface area contributed by atoms with Crippen molar-refractivity contribution in [3.63, 3.8) is 0 Å². The molecule has 4 atom stereocenters. The highest BCUT2D eigenvalue weighted by Gasteiger charge is 2.43. The van der Waals surface area contributed by atoms with Crippen LogP contribution in [0.4, 0.5) is 0 Å². The third-order valence-electron chi connectivity index (χ3n) is 4.98. The standard InChI is InChI=1S/C14H26O2Si/c1-14(7-2-3-8-15-14)17-9-6-11-4-5-12-13(10-11)16-12/h11-13H,2-10,17H2,1H3. The van der Waals surface area contributed by atoms with Crippen LogP contribution < -0.4 is 0 Å². The van der Waals surface area contributed by atoms with Crippen molar-refractivity contribution >= 4 is 9.52 Å². The van der Waals surface area contributed by atoms with E-state index in [1.54, 1.807) is 0 Å². The molecule has 2 nitrogen and oxygen atoms in total. The van der Waals surface area contributed by atoms with Gasteiger partial charge < -0.3 is 9.47 Å². The molecule has 0 aromatic rings. The molecule has 0 aromatic heterocycles. The minimum atomic E-state index is -0.0423. The van der Waals surface area contributed by atoms with E-state index in [1.807, 2.05) is 0 Å². The number of ether oxygens (including phenoxy) is 2. The highest BCUT2D eigenvalue weighted by molar-refractivity contribution is 6.39. The minimum absolute atomic E-state index is 0.0423. The Morgan fingerprint density at radius 3 is 2.94 bits per heavy atom. The fourth-order valence-electron chi connectivity index (χ4n) is 3.70. The van der Waals surface area contributed by atoms with E-state index < -0.39 is 0 Å². The van der Waals surface area contributed by atoms with E-state index in [1.165, 1.54) is 51.0 Å². The lowest BCUT2D eigenvalue weighted by Crippen LogP contribution is -2.39. The summed E-state index contributed by atoms with van der Waals surface area (Å²) in [4.78, 5) is 0. The molecule has 2 saturated heterocycles. The Balaban J connectivity index is 1.36. The molecule has 0 amide bonds. The van der Waals surface area contributed by atoms with Crippen molar-refractivity contribution in [2.75, 3.05) is 6.61 Å². The molecular formula is C14H26O2Si. The summed E-state index contributed by atoms with van der Waals surface area (Å²) in [5, 5.41) is 0.339. The highest BCUT2D eigenvalue weighted by atomic mass is 28.2. The first kappa shape index (κ1) is 12.2. The normalized spacial score (nSPS) is 46.1. The summed E-state index contributed by atoms with van der Waals surface area (Å²) in [6, 6.07) is 1.48. The average Bonchev–Trinajstić information content (AvgIpc) is 3.08. The van der Waals surface area contributed by atoms with Crippen LogP contribution in [0.25, 0.3) is 0 Å². The molecule has 3 rings (SSSR count). The lowest BCUT2D eigenvalue weighted by Gasteiger charge is -2.34. The van der Waals surface area contributed by atoms with Crippen molar-refractivity contribution in [2.24, 2.45) is 5.92 Å². The molecule has 1 aliphatic carbocycles. The van der Waals surface area contributed by atoms with E-state index in [0.717, 1.165) is 12.5 Å². The van der Waals surface area contributed by atoms with E-state index in [2.05, 4.69) is 6.92 Å². The predicted molar refractivity (Wildman–Crippen MR) is 72.2 cm³/mol. The molecule has 3 fully saturated rings. The van der Waals surface area contributed by atoms with Crippen LogP contribution in [0.3, 0.4) is 0 Å². The average molecular weight is 254 g/mol. The van der Waals surface area contributed by atoms with Crippen LogP contribution in [-0.2, 0) is 9.47 Å². The molecule has 17 heavy (non-hydrogen) atoms. The summed E-state index contributed by atoms with van der Waals surface area (Å²) in [6.45, 7) is 3.39. The number of fused-ring (bicyclic) bond motifs is 1. The topological polar surface area (TPSA) is 21.8 Å². The van der Waals surface area contributed by atoms with E-state index in [-0.39, 0.29) is 9.52 Å². The van der Waals surface area contributed by atoms with Crippen molar-refractivity contribution in [1.29, 1.82) is 0 Å². The van der Waals surface area contributed by atoms with Gasteiger partial charge in [-0.1, -0.05) is 12.5 Å². The Labute approximate surface area is 107 Å². The van der Waals surface area contributed by atoms with Gasteiger partial charge in [-0.15, -0.1) is 0 Å². The van der Waals surface area contributed by atoms with Gasteiger partial charge in [-0.25, -0.2) is 0 Å². The summed E-state index contributed by atoms with van der Waals surface area (Å²) < 4.78 is 11.6. The van der Waals surface area contributed by atoms with E-state index in [9.17, 15) is 0 Å².